The second-order valence-electron chi connectivity index (χ2n) is 2.33. The van der Waals surface area contributed by atoms with Crippen LogP contribution in [0.4, 0.5) is 0 Å². The van der Waals surface area contributed by atoms with Gasteiger partial charge >= 0.3 is 73.1 Å². The molecule has 3 heteroatoms. The molecule has 2 nitrogen and oxygen atoms in total. The predicted molar refractivity (Wildman–Crippen MR) is 48.0 cm³/mol. The summed E-state index contributed by atoms with van der Waals surface area (Å²) in [5.74, 6) is 0. The average Bonchev–Trinajstić information content (AvgIpc) is 2.06. The van der Waals surface area contributed by atoms with Crippen LogP contribution in [0.15, 0.2) is 41.4 Å². The Labute approximate surface area is 73.5 Å². The molecule has 0 amide bonds. The summed E-state index contributed by atoms with van der Waals surface area (Å²) in [6, 6.07) is 8.47. The van der Waals surface area contributed by atoms with Gasteiger partial charge in [0.25, 0.3) is 0 Å². The van der Waals surface area contributed by atoms with Crippen LogP contribution in [0.3, 0.4) is 0 Å². The summed E-state index contributed by atoms with van der Waals surface area (Å²) in [5.41, 5.74) is 0. The van der Waals surface area contributed by atoms with Gasteiger partial charge in [-0.05, 0) is 0 Å². The average molecular weight is 229 g/mol. The molecule has 0 unspecified atom stereocenters. The van der Waals surface area contributed by atoms with Gasteiger partial charge in [-0.1, -0.05) is 0 Å². The molecule has 0 bridgehead atoms. The molecule has 1 rings (SSSR count). The quantitative estimate of drug-likeness (QED) is 0.716. The van der Waals surface area contributed by atoms with Crippen LogP contribution in [0.5, 0.6) is 0 Å². The molecule has 0 aliphatic heterocycles. The SMILES string of the molecule is C/C=C/[Se](=O)(=O)c1ccccc1. The zero-order chi connectivity index (χ0) is 9.03. The molecule has 1 aromatic rings. The Morgan fingerprint density at radius 2 is 1.75 bits per heavy atom. The van der Waals surface area contributed by atoms with E-state index in [2.05, 4.69) is 0 Å². The Balaban J connectivity index is 3.16. The molecule has 1 aromatic carbocycles. The van der Waals surface area contributed by atoms with Crippen molar-refractivity contribution in [3.05, 3.63) is 41.4 Å². The maximum absolute atomic E-state index is 11.4. The van der Waals surface area contributed by atoms with E-state index in [1.165, 1.54) is 4.97 Å². The fourth-order valence-corrected chi connectivity index (χ4v) is 3.07. The van der Waals surface area contributed by atoms with Crippen molar-refractivity contribution >= 4 is 17.2 Å². The van der Waals surface area contributed by atoms with Crippen LogP contribution in [0.2, 0.25) is 0 Å². The molecule has 0 N–H and O–H groups in total. The van der Waals surface area contributed by atoms with E-state index in [0.717, 1.165) is 0 Å². The Morgan fingerprint density at radius 3 is 2.25 bits per heavy atom. The Hall–Kier alpha value is -0.921. The first-order chi connectivity index (χ1) is 5.67. The van der Waals surface area contributed by atoms with E-state index in [9.17, 15) is 7.67 Å². The van der Waals surface area contributed by atoms with Gasteiger partial charge in [0.1, 0.15) is 0 Å². The van der Waals surface area contributed by atoms with Crippen LogP contribution in [0.1, 0.15) is 6.92 Å². The summed E-state index contributed by atoms with van der Waals surface area (Å²) in [7, 11) is 0. The van der Waals surface area contributed by atoms with Crippen molar-refractivity contribution in [2.45, 2.75) is 6.92 Å². The Kier molecular flexibility index (Phi) is 2.79. The third kappa shape index (κ3) is 2.03. The molecule has 64 valence electrons. The van der Waals surface area contributed by atoms with E-state index in [1.807, 2.05) is 0 Å². The molecule has 12 heavy (non-hydrogen) atoms. The molecule has 0 fully saturated rings. The summed E-state index contributed by atoms with van der Waals surface area (Å²) in [5, 5.41) is 0. The molecule has 0 heterocycles. The number of hydrogen-bond donors (Lipinski definition) is 0. The second kappa shape index (κ2) is 3.65. The van der Waals surface area contributed by atoms with Crippen molar-refractivity contribution in [2.24, 2.45) is 0 Å². The van der Waals surface area contributed by atoms with Crippen molar-refractivity contribution in [2.75, 3.05) is 0 Å². The van der Waals surface area contributed by atoms with Gasteiger partial charge in [0.2, 0.25) is 0 Å². The van der Waals surface area contributed by atoms with E-state index < -0.39 is 12.7 Å². The molecule has 0 spiro atoms. The van der Waals surface area contributed by atoms with Crippen molar-refractivity contribution in [1.82, 2.24) is 0 Å². The van der Waals surface area contributed by atoms with Gasteiger partial charge in [-0.3, -0.25) is 0 Å². The standard InChI is InChI=1S/C9H10O2Se/c1-2-8-12(10,11)9-6-4-3-5-7-9/h2-8H,1H3/b8-2+. The molecule has 0 saturated heterocycles. The van der Waals surface area contributed by atoms with Gasteiger partial charge in [0, 0.05) is 0 Å². The van der Waals surface area contributed by atoms with Crippen LogP contribution >= 0.6 is 0 Å². The molecular weight excluding hydrogens is 219 g/mol. The van der Waals surface area contributed by atoms with Gasteiger partial charge in [0.05, 0.1) is 0 Å². The molecular formula is C9H10O2Se. The third-order valence-electron chi connectivity index (χ3n) is 1.39. The first-order valence-corrected chi connectivity index (χ1v) is 6.84. The van der Waals surface area contributed by atoms with Gasteiger partial charge in [-0.15, -0.1) is 0 Å². The van der Waals surface area contributed by atoms with E-state index in [-0.39, 0.29) is 0 Å². The normalized spacial score (nSPS) is 12.1. The fourth-order valence-electron chi connectivity index (χ4n) is 0.868. The van der Waals surface area contributed by atoms with Crippen molar-refractivity contribution in [1.29, 1.82) is 0 Å². The first-order valence-electron chi connectivity index (χ1n) is 3.59. The Morgan fingerprint density at radius 1 is 1.17 bits per heavy atom. The first kappa shape index (κ1) is 9.17. The zero-order valence-electron chi connectivity index (χ0n) is 6.77. The van der Waals surface area contributed by atoms with Crippen LogP contribution in [0.25, 0.3) is 0 Å². The number of benzene rings is 1. The maximum atomic E-state index is 11.4. The van der Waals surface area contributed by atoms with E-state index >= 15 is 0 Å². The van der Waals surface area contributed by atoms with Gasteiger partial charge in [0.15, 0.2) is 0 Å². The van der Waals surface area contributed by atoms with Crippen LogP contribution in [-0.4, -0.2) is 12.7 Å². The zero-order valence-corrected chi connectivity index (χ0v) is 8.48. The predicted octanol–water partition coefficient (Wildman–Crippen LogP) is 1.31. The summed E-state index contributed by atoms with van der Waals surface area (Å²) in [6.07, 6.45) is 1.55. The van der Waals surface area contributed by atoms with E-state index in [0.29, 0.717) is 4.46 Å². The Bertz CT molecular complexity index is 363. The van der Waals surface area contributed by atoms with Crippen molar-refractivity contribution in [3.8, 4) is 0 Å². The number of hydrogen-bond acceptors (Lipinski definition) is 2. The third-order valence-corrected chi connectivity index (χ3v) is 4.66. The number of allylic oxidation sites excluding steroid dienone is 1. The minimum atomic E-state index is -3.94. The van der Waals surface area contributed by atoms with E-state index in [1.54, 1.807) is 43.3 Å². The fraction of sp³-hybridized carbons (Fsp3) is 0.111. The van der Waals surface area contributed by atoms with Crippen LogP contribution in [0, 0.1) is 0 Å². The summed E-state index contributed by atoms with van der Waals surface area (Å²) in [4.78, 5) is 1.27. The molecule has 0 saturated carbocycles. The van der Waals surface area contributed by atoms with E-state index in [4.69, 9.17) is 0 Å². The number of rotatable bonds is 2. The van der Waals surface area contributed by atoms with Crippen molar-refractivity contribution < 1.29 is 7.67 Å². The minimum absolute atomic E-state index is 0.409. The van der Waals surface area contributed by atoms with Gasteiger partial charge in [-0.25, -0.2) is 0 Å². The summed E-state index contributed by atoms with van der Waals surface area (Å²) < 4.78 is 23.2. The second-order valence-corrected chi connectivity index (χ2v) is 6.17. The molecule has 0 radical (unpaired) electrons. The molecule has 0 aromatic heterocycles. The summed E-state index contributed by atoms with van der Waals surface area (Å²) >= 11 is -3.94. The summed E-state index contributed by atoms with van der Waals surface area (Å²) in [6.45, 7) is 1.70. The monoisotopic (exact) mass is 230 g/mol. The van der Waals surface area contributed by atoms with Crippen LogP contribution in [-0.2, 0) is 7.67 Å². The topological polar surface area (TPSA) is 34.1 Å². The molecule has 0 atom stereocenters. The molecule has 0 aliphatic carbocycles. The van der Waals surface area contributed by atoms with Gasteiger partial charge in [-0.2, -0.15) is 0 Å². The molecule has 0 aliphatic rings. The van der Waals surface area contributed by atoms with Crippen molar-refractivity contribution in [3.63, 3.8) is 0 Å². The van der Waals surface area contributed by atoms with Gasteiger partial charge < -0.3 is 0 Å². The van der Waals surface area contributed by atoms with Crippen LogP contribution < -0.4 is 4.46 Å².